The molecule has 0 spiro atoms. The highest BCUT2D eigenvalue weighted by Crippen LogP contribution is 2.27. The summed E-state index contributed by atoms with van der Waals surface area (Å²) in [5.41, 5.74) is 0.685. The first-order chi connectivity index (χ1) is 21.1. The second-order valence-corrected chi connectivity index (χ2v) is 13.8. The first kappa shape index (κ1) is 34.1. The molecule has 1 aromatic heterocycles. The van der Waals surface area contributed by atoms with Gasteiger partial charge in [-0.15, -0.1) is 11.3 Å². The van der Waals surface area contributed by atoms with Gasteiger partial charge in [0.1, 0.15) is 5.82 Å². The van der Waals surface area contributed by atoms with Gasteiger partial charge in [0, 0.05) is 30.1 Å². The zero-order valence-electron chi connectivity index (χ0n) is 26.8. The summed E-state index contributed by atoms with van der Waals surface area (Å²) in [5, 5.41) is 7.93. The molecule has 44 heavy (non-hydrogen) atoms. The first-order valence-electron chi connectivity index (χ1n) is 16.2. The molecular weight excluding hydrogens is 577 g/mol. The number of carbonyl (C=O) groups excluding carboxylic acids is 3. The first-order valence-corrected chi connectivity index (χ1v) is 17.0. The van der Waals surface area contributed by atoms with Crippen LogP contribution in [0, 0.1) is 18.7 Å². The van der Waals surface area contributed by atoms with Crippen molar-refractivity contribution in [2.24, 2.45) is 5.92 Å². The van der Waals surface area contributed by atoms with Gasteiger partial charge in [0.05, 0.1) is 24.1 Å². The van der Waals surface area contributed by atoms with E-state index >= 15 is 0 Å². The molecule has 2 N–H and O–H groups in total. The van der Waals surface area contributed by atoms with Crippen molar-refractivity contribution in [1.29, 1.82) is 0 Å². The summed E-state index contributed by atoms with van der Waals surface area (Å²) in [7, 11) is 6.23. The van der Waals surface area contributed by atoms with Gasteiger partial charge in [0.15, 0.2) is 0 Å². The van der Waals surface area contributed by atoms with E-state index < -0.39 is 23.7 Å². The number of amides is 3. The molecule has 3 atom stereocenters. The number of thiophene rings is 1. The predicted molar refractivity (Wildman–Crippen MR) is 174 cm³/mol. The van der Waals surface area contributed by atoms with Gasteiger partial charge in [-0.25, -0.2) is 4.39 Å². The van der Waals surface area contributed by atoms with Gasteiger partial charge in [0.2, 0.25) is 11.8 Å². The number of carbonyl (C=O) groups is 3. The molecule has 3 amide bonds. The van der Waals surface area contributed by atoms with Crippen LogP contribution >= 0.6 is 11.3 Å². The van der Waals surface area contributed by atoms with Crippen LogP contribution in [-0.2, 0) is 16.1 Å². The van der Waals surface area contributed by atoms with Gasteiger partial charge in [-0.3, -0.25) is 19.3 Å². The number of halogens is 1. The Bertz CT molecular complexity index is 1230. The Labute approximate surface area is 266 Å². The van der Waals surface area contributed by atoms with Crippen molar-refractivity contribution in [2.45, 2.75) is 89.4 Å². The molecule has 2 fully saturated rings. The van der Waals surface area contributed by atoms with Crippen molar-refractivity contribution in [1.82, 2.24) is 25.3 Å². The zero-order valence-corrected chi connectivity index (χ0v) is 27.6. The molecule has 8 nitrogen and oxygen atoms in total. The lowest BCUT2D eigenvalue weighted by Gasteiger charge is -2.42. The van der Waals surface area contributed by atoms with Crippen LogP contribution in [0.1, 0.15) is 78.6 Å². The summed E-state index contributed by atoms with van der Waals surface area (Å²) in [6.07, 6.45) is 9.01. The molecule has 1 unspecified atom stereocenters. The topological polar surface area (TPSA) is 85.0 Å². The van der Waals surface area contributed by atoms with E-state index in [9.17, 15) is 18.8 Å². The standard InChI is InChI=1S/C34H50FN5O3S/c1-24-15-16-27(29(35)21-24)33(42)37-30-17-19-40(23-28(30)32(41)36-22-26-13-10-20-44-26)34(43)31(14-8-9-18-38(2)3)39(4)25-11-6-5-7-12-25/h10,13,15-16,20-21,25,28,30-31H,5-9,11-12,14,17-19,22-23H2,1-4H3,(H,36,41)(H,37,42)/t28-,30+,31?/m0/s1. The van der Waals surface area contributed by atoms with Crippen LogP contribution in [0.5, 0.6) is 0 Å². The smallest absolute Gasteiger partial charge is 0.254 e. The third-order valence-corrected chi connectivity index (χ3v) is 10.1. The van der Waals surface area contributed by atoms with E-state index in [1.807, 2.05) is 22.4 Å². The fourth-order valence-corrected chi connectivity index (χ4v) is 7.22. The maximum Gasteiger partial charge on any atom is 0.254 e. The van der Waals surface area contributed by atoms with E-state index in [-0.39, 0.29) is 30.0 Å². The minimum atomic E-state index is -0.653. The molecule has 242 valence electrons. The molecule has 0 bridgehead atoms. The number of hydrogen-bond acceptors (Lipinski definition) is 6. The molecule has 10 heteroatoms. The monoisotopic (exact) mass is 627 g/mol. The number of nitrogens with zero attached hydrogens (tertiary/aromatic N) is 3. The van der Waals surface area contributed by atoms with Crippen LogP contribution in [-0.4, -0.2) is 91.3 Å². The number of nitrogens with one attached hydrogen (secondary N) is 2. The summed E-state index contributed by atoms with van der Waals surface area (Å²) in [6.45, 7) is 3.78. The van der Waals surface area contributed by atoms with E-state index in [0.29, 0.717) is 25.6 Å². The van der Waals surface area contributed by atoms with E-state index in [4.69, 9.17) is 0 Å². The maximum atomic E-state index is 14.6. The Hall–Kier alpha value is -2.82. The lowest BCUT2D eigenvalue weighted by Crippen LogP contribution is -2.60. The summed E-state index contributed by atoms with van der Waals surface area (Å²) in [4.78, 5) is 48.4. The molecule has 1 aromatic carbocycles. The molecule has 1 saturated carbocycles. The van der Waals surface area contributed by atoms with Crippen LogP contribution in [0.4, 0.5) is 4.39 Å². The van der Waals surface area contributed by atoms with Gasteiger partial charge in [0.25, 0.3) is 5.91 Å². The van der Waals surface area contributed by atoms with E-state index in [1.165, 1.54) is 31.4 Å². The highest BCUT2D eigenvalue weighted by Gasteiger charge is 2.40. The molecule has 4 rings (SSSR count). The van der Waals surface area contributed by atoms with Crippen LogP contribution < -0.4 is 10.6 Å². The fourth-order valence-electron chi connectivity index (χ4n) is 6.58. The van der Waals surface area contributed by atoms with Crippen LogP contribution in [0.25, 0.3) is 0 Å². The number of benzene rings is 1. The van der Waals surface area contributed by atoms with Gasteiger partial charge in [-0.05, 0) is 95.9 Å². The average molecular weight is 628 g/mol. The Morgan fingerprint density at radius 3 is 2.52 bits per heavy atom. The number of piperidine rings is 1. The lowest BCUT2D eigenvalue weighted by atomic mass is 9.89. The van der Waals surface area contributed by atoms with Gasteiger partial charge >= 0.3 is 0 Å². The fraction of sp³-hybridized carbons (Fsp3) is 0.618. The van der Waals surface area contributed by atoms with E-state index in [0.717, 1.165) is 49.1 Å². The van der Waals surface area contributed by atoms with Crippen LogP contribution in [0.3, 0.4) is 0 Å². The second-order valence-electron chi connectivity index (χ2n) is 12.8. The molecule has 2 aromatic rings. The third-order valence-electron chi connectivity index (χ3n) is 9.22. The minimum Gasteiger partial charge on any atom is -0.351 e. The molecule has 1 aliphatic heterocycles. The van der Waals surface area contributed by atoms with Crippen LogP contribution in [0.15, 0.2) is 35.7 Å². The number of aryl methyl sites for hydroxylation is 1. The Kier molecular flexibility index (Phi) is 12.8. The van der Waals surface area contributed by atoms with Crippen molar-refractivity contribution in [2.75, 3.05) is 40.8 Å². The quantitative estimate of drug-likeness (QED) is 0.311. The molecular formula is C34H50FN5O3S. The van der Waals surface area contributed by atoms with Crippen molar-refractivity contribution in [3.05, 3.63) is 57.5 Å². The highest BCUT2D eigenvalue weighted by molar-refractivity contribution is 7.09. The van der Waals surface area contributed by atoms with Gasteiger partial charge < -0.3 is 20.4 Å². The average Bonchev–Trinajstić information content (AvgIpc) is 3.53. The zero-order chi connectivity index (χ0) is 31.6. The summed E-state index contributed by atoms with van der Waals surface area (Å²) < 4.78 is 14.6. The number of rotatable bonds is 13. The van der Waals surface area contributed by atoms with Gasteiger partial charge in [-0.1, -0.05) is 37.8 Å². The number of unbranched alkanes of at least 4 members (excludes halogenated alkanes) is 1. The van der Waals surface area contributed by atoms with E-state index in [1.54, 1.807) is 24.3 Å². The largest absolute Gasteiger partial charge is 0.351 e. The minimum absolute atomic E-state index is 0.0428. The summed E-state index contributed by atoms with van der Waals surface area (Å²) in [6, 6.07) is 8.03. The van der Waals surface area contributed by atoms with Gasteiger partial charge in [-0.2, -0.15) is 0 Å². The molecule has 1 saturated heterocycles. The lowest BCUT2D eigenvalue weighted by molar-refractivity contribution is -0.142. The third kappa shape index (κ3) is 9.34. The highest BCUT2D eigenvalue weighted by atomic mass is 32.1. The number of hydrogen-bond donors (Lipinski definition) is 2. The summed E-state index contributed by atoms with van der Waals surface area (Å²) in [5.74, 6) is -1.93. The number of likely N-dealkylation sites (N-methyl/N-ethyl adjacent to an activating group) is 1. The summed E-state index contributed by atoms with van der Waals surface area (Å²) >= 11 is 1.56. The van der Waals surface area contributed by atoms with E-state index in [2.05, 4.69) is 41.6 Å². The SMILES string of the molecule is Cc1ccc(C(=O)N[C@@H]2CCN(C(=O)C(CCCCN(C)C)N(C)C3CCCCC3)C[C@@H]2C(=O)NCc2cccs2)c(F)c1. The Morgan fingerprint density at radius 2 is 1.84 bits per heavy atom. The Balaban J connectivity index is 1.50. The maximum absolute atomic E-state index is 14.6. The van der Waals surface area contributed by atoms with Crippen molar-refractivity contribution in [3.63, 3.8) is 0 Å². The molecule has 0 radical (unpaired) electrons. The van der Waals surface area contributed by atoms with Crippen LogP contribution in [0.2, 0.25) is 0 Å². The predicted octanol–water partition coefficient (Wildman–Crippen LogP) is 4.82. The second kappa shape index (κ2) is 16.5. The van der Waals surface area contributed by atoms with Crippen molar-refractivity contribution in [3.8, 4) is 0 Å². The Morgan fingerprint density at radius 1 is 1.07 bits per heavy atom. The van der Waals surface area contributed by atoms with Crippen molar-refractivity contribution >= 4 is 29.1 Å². The molecule has 2 heterocycles. The van der Waals surface area contributed by atoms with Crippen molar-refractivity contribution < 1.29 is 18.8 Å². The number of likely N-dealkylation sites (tertiary alicyclic amines) is 1. The normalized spacial score (nSPS) is 20.1. The molecule has 2 aliphatic rings. The molecule has 1 aliphatic carbocycles.